The molecule has 0 radical (unpaired) electrons. The molecule has 0 aliphatic rings. The van der Waals surface area contributed by atoms with Crippen molar-refractivity contribution in [1.82, 2.24) is 9.88 Å². The smallest absolute Gasteiger partial charge is 0.221 e. The third-order valence-corrected chi connectivity index (χ3v) is 6.62. The van der Waals surface area contributed by atoms with Gasteiger partial charge in [0.05, 0.1) is 14.2 Å². The van der Waals surface area contributed by atoms with Crippen LogP contribution >= 0.6 is 0 Å². The minimum Gasteiger partial charge on any atom is -0.493 e. The lowest BCUT2D eigenvalue weighted by atomic mass is 9.87. The first-order valence-corrected chi connectivity index (χ1v) is 12.1. The molecule has 0 bridgehead atoms. The number of nitrogens with zero attached hydrogens (tertiary/aromatic N) is 1. The minimum absolute atomic E-state index is 0.0401. The van der Waals surface area contributed by atoms with Crippen LogP contribution < -0.4 is 14.8 Å². The SMILES string of the molecule is COc1ccc([C@@H](CC(=O)N[C@@H](C)CCc2ccccc2)c2cn(C)c3ccccc23)cc1OC. The van der Waals surface area contributed by atoms with Crippen molar-refractivity contribution in [2.45, 2.75) is 38.1 Å². The van der Waals surface area contributed by atoms with Gasteiger partial charge >= 0.3 is 0 Å². The number of ether oxygens (including phenoxy) is 2. The molecule has 0 fully saturated rings. The molecule has 0 saturated carbocycles. The number of benzene rings is 3. The van der Waals surface area contributed by atoms with E-state index < -0.39 is 0 Å². The van der Waals surface area contributed by atoms with Crippen LogP contribution in [0.15, 0.2) is 79.0 Å². The van der Waals surface area contributed by atoms with Crippen LogP contribution in [0, 0.1) is 0 Å². The van der Waals surface area contributed by atoms with Gasteiger partial charge in [0.15, 0.2) is 11.5 Å². The van der Waals surface area contributed by atoms with Gasteiger partial charge in [-0.2, -0.15) is 0 Å². The van der Waals surface area contributed by atoms with Gasteiger partial charge in [0.25, 0.3) is 0 Å². The highest BCUT2D eigenvalue weighted by atomic mass is 16.5. The third-order valence-electron chi connectivity index (χ3n) is 6.62. The predicted octanol–water partition coefficient (Wildman–Crippen LogP) is 5.86. The molecule has 1 amide bonds. The van der Waals surface area contributed by atoms with E-state index in [9.17, 15) is 4.79 Å². The van der Waals surface area contributed by atoms with Gasteiger partial charge in [0, 0.05) is 42.5 Å². The van der Waals surface area contributed by atoms with Gasteiger partial charge in [-0.15, -0.1) is 0 Å². The molecule has 3 aromatic carbocycles. The van der Waals surface area contributed by atoms with E-state index in [4.69, 9.17) is 9.47 Å². The minimum atomic E-state index is -0.123. The number of aromatic nitrogens is 1. The van der Waals surface area contributed by atoms with Crippen LogP contribution in [-0.4, -0.2) is 30.7 Å². The molecule has 2 atom stereocenters. The molecule has 4 rings (SSSR count). The molecule has 0 spiro atoms. The summed E-state index contributed by atoms with van der Waals surface area (Å²) in [6.07, 6.45) is 4.31. The van der Waals surface area contributed by atoms with E-state index in [1.54, 1.807) is 14.2 Å². The second-order valence-electron chi connectivity index (χ2n) is 9.08. The largest absolute Gasteiger partial charge is 0.493 e. The maximum Gasteiger partial charge on any atom is 0.221 e. The van der Waals surface area contributed by atoms with Crippen LogP contribution in [-0.2, 0) is 18.3 Å². The lowest BCUT2D eigenvalue weighted by Gasteiger charge is -2.21. The van der Waals surface area contributed by atoms with Crippen molar-refractivity contribution < 1.29 is 14.3 Å². The van der Waals surface area contributed by atoms with Gasteiger partial charge in [-0.1, -0.05) is 54.6 Å². The number of aryl methyl sites for hydroxylation is 2. The molecule has 35 heavy (non-hydrogen) atoms. The van der Waals surface area contributed by atoms with E-state index >= 15 is 0 Å². The van der Waals surface area contributed by atoms with Gasteiger partial charge in [-0.25, -0.2) is 0 Å². The molecule has 0 aliphatic heterocycles. The van der Waals surface area contributed by atoms with E-state index in [-0.39, 0.29) is 17.9 Å². The van der Waals surface area contributed by atoms with E-state index in [1.165, 1.54) is 5.56 Å². The summed E-state index contributed by atoms with van der Waals surface area (Å²) in [6, 6.07) is 24.7. The van der Waals surface area contributed by atoms with Gasteiger partial charge in [0.2, 0.25) is 5.91 Å². The molecular formula is C30H34N2O3. The average molecular weight is 471 g/mol. The van der Waals surface area contributed by atoms with Crippen molar-refractivity contribution in [1.29, 1.82) is 0 Å². The number of nitrogens with one attached hydrogen (secondary N) is 1. The number of carbonyl (C=O) groups is 1. The van der Waals surface area contributed by atoms with Crippen LogP contribution in [0.25, 0.3) is 10.9 Å². The van der Waals surface area contributed by atoms with Gasteiger partial charge in [-0.3, -0.25) is 4.79 Å². The van der Waals surface area contributed by atoms with Crippen molar-refractivity contribution >= 4 is 16.8 Å². The van der Waals surface area contributed by atoms with Crippen LogP contribution in [0.1, 0.15) is 42.4 Å². The van der Waals surface area contributed by atoms with Crippen molar-refractivity contribution in [2.75, 3.05) is 14.2 Å². The molecular weight excluding hydrogens is 436 g/mol. The first-order valence-electron chi connectivity index (χ1n) is 12.1. The summed E-state index contributed by atoms with van der Waals surface area (Å²) in [7, 11) is 5.31. The van der Waals surface area contributed by atoms with Crippen molar-refractivity contribution in [3.63, 3.8) is 0 Å². The molecule has 182 valence electrons. The first kappa shape index (κ1) is 24.4. The molecule has 1 N–H and O–H groups in total. The number of hydrogen-bond acceptors (Lipinski definition) is 3. The zero-order valence-electron chi connectivity index (χ0n) is 21.0. The summed E-state index contributed by atoms with van der Waals surface area (Å²) in [5.74, 6) is 1.25. The summed E-state index contributed by atoms with van der Waals surface area (Å²) < 4.78 is 13.1. The van der Waals surface area contributed by atoms with Crippen LogP contribution in [0.4, 0.5) is 0 Å². The monoisotopic (exact) mass is 470 g/mol. The highest BCUT2D eigenvalue weighted by Gasteiger charge is 2.24. The van der Waals surface area contributed by atoms with Crippen LogP contribution in [0.5, 0.6) is 11.5 Å². The summed E-state index contributed by atoms with van der Waals surface area (Å²) >= 11 is 0. The number of para-hydroxylation sites is 1. The van der Waals surface area contributed by atoms with E-state index in [1.807, 2.05) is 43.4 Å². The Kier molecular flexibility index (Phi) is 7.76. The number of fused-ring (bicyclic) bond motifs is 1. The Morgan fingerprint density at radius 3 is 2.40 bits per heavy atom. The molecule has 1 heterocycles. The van der Waals surface area contributed by atoms with E-state index in [0.29, 0.717) is 17.9 Å². The normalized spacial score (nSPS) is 12.8. The number of amides is 1. The number of hydrogen-bond donors (Lipinski definition) is 1. The van der Waals surface area contributed by atoms with Gasteiger partial charge in [0.1, 0.15) is 0 Å². The second kappa shape index (κ2) is 11.1. The van der Waals surface area contributed by atoms with Crippen LogP contribution in [0.2, 0.25) is 0 Å². The highest BCUT2D eigenvalue weighted by Crippen LogP contribution is 2.38. The van der Waals surface area contributed by atoms with Gasteiger partial charge in [-0.05, 0) is 54.7 Å². The van der Waals surface area contributed by atoms with Crippen molar-refractivity contribution in [3.05, 3.63) is 95.7 Å². The number of carbonyl (C=O) groups excluding carboxylic acids is 1. The van der Waals surface area contributed by atoms with E-state index in [0.717, 1.165) is 34.9 Å². The van der Waals surface area contributed by atoms with Crippen LogP contribution in [0.3, 0.4) is 0 Å². The van der Waals surface area contributed by atoms with Gasteiger partial charge < -0.3 is 19.4 Å². The first-order chi connectivity index (χ1) is 17.0. The maximum absolute atomic E-state index is 13.3. The molecule has 5 heteroatoms. The third kappa shape index (κ3) is 5.68. The lowest BCUT2D eigenvalue weighted by molar-refractivity contribution is -0.121. The Balaban J connectivity index is 1.59. The number of rotatable bonds is 10. The summed E-state index contributed by atoms with van der Waals surface area (Å²) in [4.78, 5) is 13.3. The highest BCUT2D eigenvalue weighted by molar-refractivity contribution is 5.86. The Hall–Kier alpha value is -3.73. The quantitative estimate of drug-likeness (QED) is 0.316. The zero-order chi connectivity index (χ0) is 24.8. The summed E-state index contributed by atoms with van der Waals surface area (Å²) in [5.41, 5.74) is 4.57. The fraction of sp³-hybridized carbons (Fsp3) is 0.300. The molecule has 1 aromatic heterocycles. The molecule has 0 aliphatic carbocycles. The Morgan fingerprint density at radius 2 is 1.66 bits per heavy atom. The molecule has 0 unspecified atom stereocenters. The summed E-state index contributed by atoms with van der Waals surface area (Å²) in [5, 5.41) is 4.38. The Bertz CT molecular complexity index is 1280. The average Bonchev–Trinajstić information content (AvgIpc) is 3.22. The lowest BCUT2D eigenvalue weighted by Crippen LogP contribution is -2.33. The molecule has 0 saturated heterocycles. The Morgan fingerprint density at radius 1 is 0.943 bits per heavy atom. The fourth-order valence-electron chi connectivity index (χ4n) is 4.75. The second-order valence-corrected chi connectivity index (χ2v) is 9.08. The fourth-order valence-corrected chi connectivity index (χ4v) is 4.75. The Labute approximate surface area is 207 Å². The predicted molar refractivity (Wildman–Crippen MR) is 141 cm³/mol. The number of methoxy groups -OCH3 is 2. The topological polar surface area (TPSA) is 52.5 Å². The van der Waals surface area contributed by atoms with E-state index in [2.05, 4.69) is 59.4 Å². The molecule has 4 aromatic rings. The molecule has 5 nitrogen and oxygen atoms in total. The summed E-state index contributed by atoms with van der Waals surface area (Å²) in [6.45, 7) is 2.07. The standard InChI is InChI=1S/C30H34N2O3/c1-21(14-15-22-10-6-5-7-11-22)31-30(33)19-25(23-16-17-28(34-3)29(18-23)35-4)26-20-32(2)27-13-9-8-12-24(26)27/h5-13,16-18,20-21,25H,14-15,19H2,1-4H3,(H,31,33)/t21-,25+/m0/s1. The maximum atomic E-state index is 13.3. The zero-order valence-corrected chi connectivity index (χ0v) is 21.0. The van der Waals surface area contributed by atoms with Crippen molar-refractivity contribution in [3.8, 4) is 11.5 Å². The van der Waals surface area contributed by atoms with Crippen molar-refractivity contribution in [2.24, 2.45) is 7.05 Å².